The van der Waals surface area contributed by atoms with Gasteiger partial charge in [-0.15, -0.1) is 0 Å². The zero-order chi connectivity index (χ0) is 13.8. The minimum absolute atomic E-state index is 0.0107. The van der Waals surface area contributed by atoms with Crippen LogP contribution in [0.15, 0.2) is 24.3 Å². The third kappa shape index (κ3) is 2.86. The number of nitrogens with zero attached hydrogens (tertiary/aromatic N) is 2. The van der Waals surface area contributed by atoms with Crippen LogP contribution in [0.4, 0.5) is 10.5 Å². The number of hydrogen-bond acceptors (Lipinski definition) is 2. The van der Waals surface area contributed by atoms with Gasteiger partial charge in [-0.25, -0.2) is 9.59 Å². The molecule has 2 amide bonds. The summed E-state index contributed by atoms with van der Waals surface area (Å²) in [5.74, 6) is -0.955. The van der Waals surface area contributed by atoms with Crippen molar-refractivity contribution in [2.45, 2.75) is 19.8 Å². The molecular formula is C14H18N2O3. The topological polar surface area (TPSA) is 60.9 Å². The number of benzene rings is 1. The van der Waals surface area contributed by atoms with E-state index in [2.05, 4.69) is 6.92 Å². The summed E-state index contributed by atoms with van der Waals surface area (Å²) in [5, 5.41) is 8.84. The predicted molar refractivity (Wildman–Crippen MR) is 72.6 cm³/mol. The van der Waals surface area contributed by atoms with Gasteiger partial charge in [0.05, 0.1) is 5.56 Å². The maximum absolute atomic E-state index is 12.2. The van der Waals surface area contributed by atoms with E-state index in [0.717, 1.165) is 31.6 Å². The van der Waals surface area contributed by atoms with Crippen LogP contribution in [-0.4, -0.2) is 41.6 Å². The van der Waals surface area contributed by atoms with Crippen LogP contribution in [0.3, 0.4) is 0 Å². The Labute approximate surface area is 112 Å². The Hall–Kier alpha value is -2.04. The average molecular weight is 262 g/mol. The average Bonchev–Trinajstić information content (AvgIpc) is 2.78. The largest absolute Gasteiger partial charge is 0.478 e. The summed E-state index contributed by atoms with van der Waals surface area (Å²) in [7, 11) is 0. The van der Waals surface area contributed by atoms with Crippen molar-refractivity contribution in [3.05, 3.63) is 29.8 Å². The normalized spacial score (nSPS) is 15.1. The Bertz CT molecular complexity index is 470. The molecule has 19 heavy (non-hydrogen) atoms. The van der Waals surface area contributed by atoms with Gasteiger partial charge in [0.15, 0.2) is 0 Å². The quantitative estimate of drug-likeness (QED) is 0.886. The fourth-order valence-electron chi connectivity index (χ4n) is 2.16. The van der Waals surface area contributed by atoms with Gasteiger partial charge in [-0.3, -0.25) is 4.90 Å². The zero-order valence-electron chi connectivity index (χ0n) is 11.0. The van der Waals surface area contributed by atoms with Gasteiger partial charge >= 0.3 is 12.0 Å². The molecule has 1 aromatic rings. The van der Waals surface area contributed by atoms with E-state index in [0.29, 0.717) is 6.54 Å². The van der Waals surface area contributed by atoms with Crippen molar-refractivity contribution in [2.24, 2.45) is 0 Å². The highest BCUT2D eigenvalue weighted by atomic mass is 16.4. The fourth-order valence-corrected chi connectivity index (χ4v) is 2.16. The molecule has 1 aromatic carbocycles. The van der Waals surface area contributed by atoms with Gasteiger partial charge in [0.25, 0.3) is 0 Å². The molecule has 102 valence electrons. The van der Waals surface area contributed by atoms with Gasteiger partial charge < -0.3 is 10.0 Å². The third-order valence-corrected chi connectivity index (χ3v) is 3.30. The van der Waals surface area contributed by atoms with E-state index in [4.69, 9.17) is 5.11 Å². The SMILES string of the molecule is CCCCN1CCN(c2ccc(C(=O)O)cc2)C1=O. The molecule has 1 saturated heterocycles. The van der Waals surface area contributed by atoms with E-state index in [1.165, 1.54) is 12.1 Å². The lowest BCUT2D eigenvalue weighted by atomic mass is 10.2. The van der Waals surface area contributed by atoms with Crippen molar-refractivity contribution in [2.75, 3.05) is 24.5 Å². The number of unbranched alkanes of at least 4 members (excludes halogenated alkanes) is 1. The van der Waals surface area contributed by atoms with E-state index < -0.39 is 5.97 Å². The van der Waals surface area contributed by atoms with E-state index in [1.54, 1.807) is 17.0 Å². The zero-order valence-corrected chi connectivity index (χ0v) is 11.0. The van der Waals surface area contributed by atoms with Crippen molar-refractivity contribution < 1.29 is 14.7 Å². The van der Waals surface area contributed by atoms with Crippen molar-refractivity contribution in [3.8, 4) is 0 Å². The Morgan fingerprint density at radius 1 is 1.26 bits per heavy atom. The van der Waals surface area contributed by atoms with Gasteiger partial charge in [-0.1, -0.05) is 13.3 Å². The smallest absolute Gasteiger partial charge is 0.335 e. The molecule has 1 aliphatic heterocycles. The second-order valence-electron chi connectivity index (χ2n) is 4.63. The van der Waals surface area contributed by atoms with Gasteiger partial charge in [0, 0.05) is 25.3 Å². The maximum atomic E-state index is 12.2. The molecule has 1 aliphatic rings. The maximum Gasteiger partial charge on any atom is 0.335 e. The summed E-state index contributed by atoms with van der Waals surface area (Å²) in [6.45, 7) is 4.29. The van der Waals surface area contributed by atoms with E-state index in [-0.39, 0.29) is 11.6 Å². The van der Waals surface area contributed by atoms with Crippen molar-refractivity contribution in [1.82, 2.24) is 4.90 Å². The van der Waals surface area contributed by atoms with Crippen LogP contribution < -0.4 is 4.90 Å². The number of urea groups is 1. The monoisotopic (exact) mass is 262 g/mol. The molecule has 1 N–H and O–H groups in total. The van der Waals surface area contributed by atoms with E-state index >= 15 is 0 Å². The fraction of sp³-hybridized carbons (Fsp3) is 0.429. The van der Waals surface area contributed by atoms with Crippen LogP contribution >= 0.6 is 0 Å². The molecule has 5 heteroatoms. The van der Waals surface area contributed by atoms with Crippen LogP contribution in [0, 0.1) is 0 Å². The number of carboxylic acids is 1. The van der Waals surface area contributed by atoms with Crippen LogP contribution in [-0.2, 0) is 0 Å². The molecule has 0 unspecified atom stereocenters. The molecule has 0 radical (unpaired) electrons. The first-order valence-electron chi connectivity index (χ1n) is 6.53. The van der Waals surface area contributed by atoms with Crippen LogP contribution in [0.5, 0.6) is 0 Å². The second kappa shape index (κ2) is 5.73. The number of aromatic carboxylic acids is 1. The van der Waals surface area contributed by atoms with E-state index in [1.807, 2.05) is 4.90 Å². The number of hydrogen-bond donors (Lipinski definition) is 1. The summed E-state index contributed by atoms with van der Waals surface area (Å²) in [6, 6.07) is 6.44. The second-order valence-corrected chi connectivity index (χ2v) is 4.63. The standard InChI is InChI=1S/C14H18N2O3/c1-2-3-8-15-9-10-16(14(15)19)12-6-4-11(5-7-12)13(17)18/h4-7H,2-3,8-10H2,1H3,(H,17,18). The third-order valence-electron chi connectivity index (χ3n) is 3.30. The van der Waals surface area contributed by atoms with Crippen molar-refractivity contribution in [1.29, 1.82) is 0 Å². The van der Waals surface area contributed by atoms with Gasteiger partial charge in [-0.2, -0.15) is 0 Å². The highest BCUT2D eigenvalue weighted by Crippen LogP contribution is 2.21. The first-order valence-corrected chi connectivity index (χ1v) is 6.53. The number of rotatable bonds is 5. The molecular weight excluding hydrogens is 244 g/mol. The lowest BCUT2D eigenvalue weighted by Crippen LogP contribution is -2.32. The number of anilines is 1. The number of amides is 2. The molecule has 0 atom stereocenters. The molecule has 1 fully saturated rings. The summed E-state index contributed by atoms with van der Waals surface area (Å²) < 4.78 is 0. The van der Waals surface area contributed by atoms with Crippen molar-refractivity contribution >= 4 is 17.7 Å². The van der Waals surface area contributed by atoms with E-state index in [9.17, 15) is 9.59 Å². The molecule has 1 heterocycles. The molecule has 0 saturated carbocycles. The Morgan fingerprint density at radius 2 is 1.95 bits per heavy atom. The molecule has 2 rings (SSSR count). The van der Waals surface area contributed by atoms with Crippen LogP contribution in [0.1, 0.15) is 30.1 Å². The lowest BCUT2D eigenvalue weighted by molar-refractivity contribution is 0.0697. The highest BCUT2D eigenvalue weighted by molar-refractivity contribution is 5.95. The highest BCUT2D eigenvalue weighted by Gasteiger charge is 2.28. The Kier molecular flexibility index (Phi) is 4.04. The lowest BCUT2D eigenvalue weighted by Gasteiger charge is -2.18. The molecule has 0 bridgehead atoms. The molecule has 5 nitrogen and oxygen atoms in total. The van der Waals surface area contributed by atoms with Crippen molar-refractivity contribution in [3.63, 3.8) is 0 Å². The van der Waals surface area contributed by atoms with Crippen LogP contribution in [0.2, 0.25) is 0 Å². The molecule has 0 aromatic heterocycles. The number of carboxylic acid groups (broad SMARTS) is 1. The minimum Gasteiger partial charge on any atom is -0.478 e. The number of carbonyl (C=O) groups is 2. The minimum atomic E-state index is -0.955. The van der Waals surface area contributed by atoms with Gasteiger partial charge in [0.1, 0.15) is 0 Å². The summed E-state index contributed by atoms with van der Waals surface area (Å²) in [5.41, 5.74) is 0.993. The van der Waals surface area contributed by atoms with Crippen LogP contribution in [0.25, 0.3) is 0 Å². The first-order chi connectivity index (χ1) is 9.13. The summed E-state index contributed by atoms with van der Waals surface area (Å²) in [6.07, 6.45) is 2.08. The first kappa shape index (κ1) is 13.4. The van der Waals surface area contributed by atoms with Gasteiger partial charge in [0.2, 0.25) is 0 Å². The summed E-state index contributed by atoms with van der Waals surface area (Å²) >= 11 is 0. The Morgan fingerprint density at radius 3 is 2.53 bits per heavy atom. The molecule has 0 aliphatic carbocycles. The van der Waals surface area contributed by atoms with Gasteiger partial charge in [-0.05, 0) is 30.7 Å². The Balaban J connectivity index is 2.06. The molecule has 0 spiro atoms. The number of carbonyl (C=O) groups excluding carboxylic acids is 1. The predicted octanol–water partition coefficient (Wildman–Crippen LogP) is 2.43. The summed E-state index contributed by atoms with van der Waals surface area (Å²) in [4.78, 5) is 26.5.